The van der Waals surface area contributed by atoms with Crippen molar-refractivity contribution in [2.75, 3.05) is 0 Å². The quantitative estimate of drug-likeness (QED) is 0.851. The van der Waals surface area contributed by atoms with Crippen molar-refractivity contribution in [1.82, 2.24) is 15.3 Å². The maximum absolute atomic E-state index is 12.9. The van der Waals surface area contributed by atoms with Crippen LogP contribution in [-0.2, 0) is 6.42 Å². The normalized spacial score (nSPS) is 24.3. The van der Waals surface area contributed by atoms with E-state index in [9.17, 15) is 4.39 Å². The highest BCUT2D eigenvalue weighted by Crippen LogP contribution is 2.35. The largest absolute Gasteiger partial charge is 0.307 e. The number of rotatable bonds is 1. The minimum atomic E-state index is -0.232. The molecule has 2 aromatic rings. The predicted molar refractivity (Wildman–Crippen MR) is 70.0 cm³/mol. The molecule has 0 unspecified atom stereocenters. The van der Waals surface area contributed by atoms with E-state index >= 15 is 0 Å². The van der Waals surface area contributed by atoms with Crippen molar-refractivity contribution < 1.29 is 4.39 Å². The van der Waals surface area contributed by atoms with Crippen molar-refractivity contribution in [3.63, 3.8) is 0 Å². The molecular weight excluding hydrogens is 241 g/mol. The fourth-order valence-corrected chi connectivity index (χ4v) is 3.08. The summed E-state index contributed by atoms with van der Waals surface area (Å²) in [7, 11) is 0. The molecule has 4 rings (SSSR count). The van der Waals surface area contributed by atoms with Gasteiger partial charge >= 0.3 is 0 Å². The third-order valence-corrected chi connectivity index (χ3v) is 4.06. The zero-order chi connectivity index (χ0) is 12.8. The lowest BCUT2D eigenvalue weighted by atomic mass is 10.0. The second-order valence-electron chi connectivity index (χ2n) is 5.30. The van der Waals surface area contributed by atoms with Gasteiger partial charge in [0.1, 0.15) is 5.82 Å². The van der Waals surface area contributed by atoms with Gasteiger partial charge in [0, 0.05) is 35.8 Å². The monoisotopic (exact) mass is 255 g/mol. The molecule has 4 heteroatoms. The first-order valence-electron chi connectivity index (χ1n) is 6.67. The average molecular weight is 255 g/mol. The molecule has 0 saturated carbocycles. The van der Waals surface area contributed by atoms with Gasteiger partial charge in [-0.25, -0.2) is 14.4 Å². The van der Waals surface area contributed by atoms with E-state index in [0.29, 0.717) is 17.9 Å². The van der Waals surface area contributed by atoms with E-state index in [1.807, 2.05) is 6.20 Å². The fourth-order valence-electron chi connectivity index (χ4n) is 3.08. The summed E-state index contributed by atoms with van der Waals surface area (Å²) >= 11 is 0. The molecule has 2 atom stereocenters. The Labute approximate surface area is 110 Å². The molecule has 1 aromatic carbocycles. The molecule has 1 saturated heterocycles. The van der Waals surface area contributed by atoms with E-state index in [1.165, 1.54) is 30.5 Å². The molecule has 0 radical (unpaired) electrons. The zero-order valence-electron chi connectivity index (χ0n) is 10.4. The van der Waals surface area contributed by atoms with Crippen LogP contribution in [0.15, 0.2) is 30.5 Å². The maximum Gasteiger partial charge on any atom is 0.159 e. The molecule has 2 bridgehead atoms. The van der Waals surface area contributed by atoms with Gasteiger partial charge in [0.15, 0.2) is 5.82 Å². The lowest BCUT2D eigenvalue weighted by Crippen LogP contribution is -2.32. The van der Waals surface area contributed by atoms with Gasteiger partial charge in [-0.3, -0.25) is 0 Å². The summed E-state index contributed by atoms with van der Waals surface area (Å²) in [4.78, 5) is 9.12. The van der Waals surface area contributed by atoms with Crippen molar-refractivity contribution in [2.24, 2.45) is 0 Å². The zero-order valence-corrected chi connectivity index (χ0v) is 10.4. The second-order valence-corrected chi connectivity index (χ2v) is 5.30. The Balaban J connectivity index is 1.76. The summed E-state index contributed by atoms with van der Waals surface area (Å²) in [6, 6.07) is 7.34. The third kappa shape index (κ3) is 1.83. The number of fused-ring (bicyclic) bond motifs is 4. The van der Waals surface area contributed by atoms with Gasteiger partial charge in [-0.05, 0) is 37.1 Å². The summed E-state index contributed by atoms with van der Waals surface area (Å²) in [5.41, 5.74) is 3.26. The van der Waals surface area contributed by atoms with Crippen LogP contribution in [-0.4, -0.2) is 16.0 Å². The van der Waals surface area contributed by atoms with Crippen molar-refractivity contribution in [2.45, 2.75) is 31.3 Å². The molecule has 19 heavy (non-hydrogen) atoms. The number of aromatic nitrogens is 2. The van der Waals surface area contributed by atoms with Crippen LogP contribution >= 0.6 is 0 Å². The maximum atomic E-state index is 12.9. The summed E-state index contributed by atoms with van der Waals surface area (Å²) in [5.74, 6) is 0.462. The average Bonchev–Trinajstić information content (AvgIpc) is 2.82. The smallest absolute Gasteiger partial charge is 0.159 e. The van der Waals surface area contributed by atoms with Crippen LogP contribution in [0.25, 0.3) is 11.4 Å². The third-order valence-electron chi connectivity index (χ3n) is 4.06. The summed E-state index contributed by atoms with van der Waals surface area (Å²) in [6.45, 7) is 0. The van der Waals surface area contributed by atoms with Crippen LogP contribution in [0, 0.1) is 5.82 Å². The van der Waals surface area contributed by atoms with E-state index in [4.69, 9.17) is 0 Å². The van der Waals surface area contributed by atoms with Crippen molar-refractivity contribution in [3.8, 4) is 11.4 Å². The molecule has 1 N–H and O–H groups in total. The molecule has 0 aliphatic carbocycles. The van der Waals surface area contributed by atoms with Gasteiger partial charge in [-0.2, -0.15) is 0 Å². The number of hydrogen-bond donors (Lipinski definition) is 1. The highest BCUT2D eigenvalue weighted by molar-refractivity contribution is 5.55. The number of nitrogens with one attached hydrogen (secondary N) is 1. The van der Waals surface area contributed by atoms with E-state index < -0.39 is 0 Å². The Hall–Kier alpha value is -1.81. The van der Waals surface area contributed by atoms with E-state index in [0.717, 1.165) is 17.7 Å². The molecular formula is C15H14FN3. The number of halogens is 1. The van der Waals surface area contributed by atoms with Gasteiger partial charge in [-0.15, -0.1) is 0 Å². The van der Waals surface area contributed by atoms with Gasteiger partial charge < -0.3 is 5.32 Å². The minimum absolute atomic E-state index is 0.232. The molecule has 3 heterocycles. The second kappa shape index (κ2) is 4.10. The Morgan fingerprint density at radius 1 is 1.16 bits per heavy atom. The van der Waals surface area contributed by atoms with E-state index in [2.05, 4.69) is 15.3 Å². The SMILES string of the molecule is Fc1ccc(-c2ncc3c(n2)C[C@@H]2CC[C@H]3N2)cc1. The van der Waals surface area contributed by atoms with Crippen LogP contribution in [0.3, 0.4) is 0 Å². The standard InChI is InChI=1S/C15H14FN3/c16-10-3-1-9(2-4-10)15-17-8-12-13-6-5-11(18-13)7-14(12)19-15/h1-4,8,11,13,18H,5-7H2/t11-,13+/m0/s1. The Morgan fingerprint density at radius 2 is 2.00 bits per heavy atom. The van der Waals surface area contributed by atoms with Crippen LogP contribution in [0.4, 0.5) is 4.39 Å². The van der Waals surface area contributed by atoms with Gasteiger partial charge in [0.05, 0.1) is 5.69 Å². The van der Waals surface area contributed by atoms with Gasteiger partial charge in [0.2, 0.25) is 0 Å². The lowest BCUT2D eigenvalue weighted by molar-refractivity contribution is 0.504. The van der Waals surface area contributed by atoms with Crippen LogP contribution in [0.1, 0.15) is 30.1 Å². The first-order chi connectivity index (χ1) is 9.29. The number of nitrogens with zero attached hydrogens (tertiary/aromatic N) is 2. The van der Waals surface area contributed by atoms with Crippen molar-refractivity contribution >= 4 is 0 Å². The van der Waals surface area contributed by atoms with E-state index in [1.54, 1.807) is 12.1 Å². The minimum Gasteiger partial charge on any atom is -0.307 e. The van der Waals surface area contributed by atoms with Crippen LogP contribution in [0.2, 0.25) is 0 Å². The molecule has 0 spiro atoms. The number of hydrogen-bond acceptors (Lipinski definition) is 3. The van der Waals surface area contributed by atoms with Crippen LogP contribution in [0.5, 0.6) is 0 Å². The highest BCUT2D eigenvalue weighted by atomic mass is 19.1. The van der Waals surface area contributed by atoms with Gasteiger partial charge in [0.25, 0.3) is 0 Å². The highest BCUT2D eigenvalue weighted by Gasteiger charge is 2.33. The van der Waals surface area contributed by atoms with E-state index in [-0.39, 0.29) is 5.82 Å². The first-order valence-corrected chi connectivity index (χ1v) is 6.67. The Bertz CT molecular complexity index is 624. The van der Waals surface area contributed by atoms with Gasteiger partial charge in [-0.1, -0.05) is 0 Å². The Kier molecular flexibility index (Phi) is 2.38. The van der Waals surface area contributed by atoms with Crippen molar-refractivity contribution in [3.05, 3.63) is 47.5 Å². The predicted octanol–water partition coefficient (Wildman–Crippen LogP) is 2.63. The molecule has 3 nitrogen and oxygen atoms in total. The summed E-state index contributed by atoms with van der Waals surface area (Å²) in [5, 5.41) is 3.58. The summed E-state index contributed by atoms with van der Waals surface area (Å²) in [6.07, 6.45) is 5.30. The molecule has 1 fully saturated rings. The molecule has 1 aromatic heterocycles. The molecule has 2 aliphatic rings. The topological polar surface area (TPSA) is 37.8 Å². The van der Waals surface area contributed by atoms with Crippen LogP contribution < -0.4 is 5.32 Å². The molecule has 96 valence electrons. The Morgan fingerprint density at radius 3 is 2.84 bits per heavy atom. The number of benzene rings is 1. The molecule has 0 amide bonds. The summed E-state index contributed by atoms with van der Waals surface area (Å²) < 4.78 is 12.9. The molecule has 2 aliphatic heterocycles. The lowest BCUT2D eigenvalue weighted by Gasteiger charge is -2.23. The van der Waals surface area contributed by atoms with Crippen molar-refractivity contribution in [1.29, 1.82) is 0 Å². The fraction of sp³-hybridized carbons (Fsp3) is 0.333. The first kappa shape index (κ1) is 11.1.